The number of hydrogen-bond donors (Lipinski definition) is 0. The lowest BCUT2D eigenvalue weighted by atomic mass is 9.89. The zero-order valence-corrected chi connectivity index (χ0v) is 11.4. The molecule has 103 valence electrons. The fourth-order valence-corrected chi connectivity index (χ4v) is 2.74. The molecule has 1 saturated heterocycles. The molecule has 1 aliphatic rings. The van der Waals surface area contributed by atoms with Gasteiger partial charge in [0.05, 0.1) is 6.33 Å². The third-order valence-corrected chi connectivity index (χ3v) is 3.90. The van der Waals surface area contributed by atoms with Crippen LogP contribution in [0.25, 0.3) is 0 Å². The summed E-state index contributed by atoms with van der Waals surface area (Å²) in [5, 5.41) is 0. The van der Waals surface area contributed by atoms with Crippen LogP contribution in [-0.4, -0.2) is 33.4 Å². The quantitative estimate of drug-likeness (QED) is 0.855. The zero-order chi connectivity index (χ0) is 13.8. The first-order valence-electron chi connectivity index (χ1n) is 7.03. The standard InChI is InChI=1S/C16H18N3O/c20-16(12-18-11-8-17-13-18)19-9-6-15(7-10-19)14-4-2-1-3-5-14/h1-4,8,11,13,15H,6-7,9-10,12H2. The molecular formula is C16H18N3O. The van der Waals surface area contributed by atoms with E-state index in [1.807, 2.05) is 27.8 Å². The van der Waals surface area contributed by atoms with E-state index >= 15 is 0 Å². The van der Waals surface area contributed by atoms with Gasteiger partial charge in [0.25, 0.3) is 0 Å². The molecule has 4 heteroatoms. The van der Waals surface area contributed by atoms with Gasteiger partial charge in [-0.1, -0.05) is 24.3 Å². The maximum atomic E-state index is 12.2. The van der Waals surface area contributed by atoms with Crippen LogP contribution < -0.4 is 0 Å². The minimum atomic E-state index is 0.179. The van der Waals surface area contributed by atoms with E-state index < -0.39 is 0 Å². The highest BCUT2D eigenvalue weighted by molar-refractivity contribution is 5.76. The van der Waals surface area contributed by atoms with Gasteiger partial charge in [0.1, 0.15) is 6.54 Å². The molecule has 0 aliphatic carbocycles. The van der Waals surface area contributed by atoms with Crippen molar-refractivity contribution in [1.82, 2.24) is 14.5 Å². The molecular weight excluding hydrogens is 250 g/mol. The van der Waals surface area contributed by atoms with E-state index in [2.05, 4.69) is 23.2 Å². The van der Waals surface area contributed by atoms with Crippen LogP contribution in [0.15, 0.2) is 43.0 Å². The largest absolute Gasteiger partial charge is 0.341 e. The summed E-state index contributed by atoms with van der Waals surface area (Å²) in [4.78, 5) is 18.1. The summed E-state index contributed by atoms with van der Waals surface area (Å²) < 4.78 is 1.82. The third-order valence-electron chi connectivity index (χ3n) is 3.90. The number of nitrogens with zero attached hydrogens (tertiary/aromatic N) is 3. The Bertz CT molecular complexity index is 542. The number of imidazole rings is 1. The Morgan fingerprint density at radius 3 is 2.85 bits per heavy atom. The molecule has 1 aromatic carbocycles. The lowest BCUT2D eigenvalue weighted by Gasteiger charge is -2.32. The molecule has 1 fully saturated rings. The van der Waals surface area contributed by atoms with E-state index in [0.29, 0.717) is 12.5 Å². The van der Waals surface area contributed by atoms with Gasteiger partial charge in [-0.3, -0.25) is 4.79 Å². The fraction of sp³-hybridized carbons (Fsp3) is 0.375. The number of rotatable bonds is 3. The second-order valence-corrected chi connectivity index (χ2v) is 5.21. The van der Waals surface area contributed by atoms with Gasteiger partial charge in [0, 0.05) is 25.5 Å². The topological polar surface area (TPSA) is 38.1 Å². The van der Waals surface area contributed by atoms with Crippen LogP contribution >= 0.6 is 0 Å². The predicted molar refractivity (Wildman–Crippen MR) is 76.1 cm³/mol. The molecule has 2 heterocycles. The summed E-state index contributed by atoms with van der Waals surface area (Å²) in [5.74, 6) is 0.715. The molecule has 0 spiro atoms. The van der Waals surface area contributed by atoms with Crippen LogP contribution in [0.5, 0.6) is 0 Å². The van der Waals surface area contributed by atoms with E-state index in [-0.39, 0.29) is 5.91 Å². The number of hydrogen-bond acceptors (Lipinski definition) is 2. The SMILES string of the molecule is O=C(Cn1ccnc1)N1CCC(c2[c]cccc2)CC1. The van der Waals surface area contributed by atoms with Crippen LogP contribution in [0.1, 0.15) is 24.3 Å². The first-order valence-corrected chi connectivity index (χ1v) is 7.03. The molecule has 0 saturated carbocycles. The highest BCUT2D eigenvalue weighted by Gasteiger charge is 2.23. The number of piperidine rings is 1. The van der Waals surface area contributed by atoms with Crippen molar-refractivity contribution in [2.45, 2.75) is 25.3 Å². The lowest BCUT2D eigenvalue weighted by molar-refractivity contribution is -0.132. The summed E-state index contributed by atoms with van der Waals surface area (Å²) in [6.07, 6.45) is 7.25. The number of carbonyl (C=O) groups is 1. The van der Waals surface area contributed by atoms with Crippen LogP contribution in [-0.2, 0) is 11.3 Å². The molecule has 1 aromatic heterocycles. The van der Waals surface area contributed by atoms with E-state index in [1.54, 1.807) is 12.5 Å². The number of carbonyl (C=O) groups excluding carboxylic acids is 1. The maximum Gasteiger partial charge on any atom is 0.242 e. The van der Waals surface area contributed by atoms with Crippen LogP contribution in [0, 0.1) is 6.07 Å². The molecule has 0 N–H and O–H groups in total. The molecule has 4 nitrogen and oxygen atoms in total. The number of benzene rings is 1. The molecule has 0 bridgehead atoms. The van der Waals surface area contributed by atoms with Crippen LogP contribution in [0.2, 0.25) is 0 Å². The second kappa shape index (κ2) is 5.90. The van der Waals surface area contributed by atoms with Gasteiger partial charge < -0.3 is 9.47 Å². The molecule has 1 radical (unpaired) electrons. The monoisotopic (exact) mass is 268 g/mol. The van der Waals surface area contributed by atoms with Crippen molar-refractivity contribution >= 4 is 5.91 Å². The van der Waals surface area contributed by atoms with Crippen LogP contribution in [0.4, 0.5) is 0 Å². The molecule has 20 heavy (non-hydrogen) atoms. The Labute approximate surface area is 119 Å². The average molecular weight is 268 g/mol. The van der Waals surface area contributed by atoms with Gasteiger partial charge in [-0.25, -0.2) is 4.98 Å². The minimum Gasteiger partial charge on any atom is -0.341 e. The number of likely N-dealkylation sites (tertiary alicyclic amines) is 1. The van der Waals surface area contributed by atoms with Gasteiger partial charge in [-0.05, 0) is 30.4 Å². The Morgan fingerprint density at radius 2 is 2.20 bits per heavy atom. The summed E-state index contributed by atoms with van der Waals surface area (Å²) in [6, 6.07) is 11.5. The summed E-state index contributed by atoms with van der Waals surface area (Å²) in [6.45, 7) is 2.06. The highest BCUT2D eigenvalue weighted by Crippen LogP contribution is 2.27. The maximum absolute atomic E-state index is 12.2. The smallest absolute Gasteiger partial charge is 0.242 e. The fourth-order valence-electron chi connectivity index (χ4n) is 2.74. The van der Waals surface area contributed by atoms with Gasteiger partial charge in [0.15, 0.2) is 0 Å². The van der Waals surface area contributed by atoms with Gasteiger partial charge in [0.2, 0.25) is 5.91 Å². The van der Waals surface area contributed by atoms with Gasteiger partial charge >= 0.3 is 0 Å². The first-order chi connectivity index (χ1) is 9.83. The zero-order valence-electron chi connectivity index (χ0n) is 11.4. The van der Waals surface area contributed by atoms with Crippen molar-refractivity contribution in [3.63, 3.8) is 0 Å². The highest BCUT2D eigenvalue weighted by atomic mass is 16.2. The molecule has 0 unspecified atom stereocenters. The van der Waals surface area contributed by atoms with E-state index in [0.717, 1.165) is 25.9 Å². The Kier molecular flexibility index (Phi) is 3.81. The Morgan fingerprint density at radius 1 is 1.35 bits per heavy atom. The molecule has 0 atom stereocenters. The van der Waals surface area contributed by atoms with Crippen molar-refractivity contribution in [2.75, 3.05) is 13.1 Å². The van der Waals surface area contributed by atoms with Gasteiger partial charge in [-0.2, -0.15) is 0 Å². The molecule has 1 amide bonds. The van der Waals surface area contributed by atoms with Crippen molar-refractivity contribution < 1.29 is 4.79 Å². The van der Waals surface area contributed by atoms with E-state index in [1.165, 1.54) is 5.56 Å². The molecule has 1 aliphatic heterocycles. The van der Waals surface area contributed by atoms with Crippen LogP contribution in [0.3, 0.4) is 0 Å². The first kappa shape index (κ1) is 12.9. The minimum absolute atomic E-state index is 0.179. The van der Waals surface area contributed by atoms with Crippen molar-refractivity contribution in [1.29, 1.82) is 0 Å². The summed E-state index contributed by atoms with van der Waals surface area (Å²) in [5.41, 5.74) is 1.27. The average Bonchev–Trinajstić information content (AvgIpc) is 3.01. The van der Waals surface area contributed by atoms with Crippen molar-refractivity contribution in [2.24, 2.45) is 0 Å². The Balaban J connectivity index is 1.54. The van der Waals surface area contributed by atoms with Gasteiger partial charge in [-0.15, -0.1) is 0 Å². The molecule has 3 rings (SSSR count). The Hall–Kier alpha value is -2.10. The third kappa shape index (κ3) is 2.90. The van der Waals surface area contributed by atoms with E-state index in [4.69, 9.17) is 0 Å². The normalized spacial score (nSPS) is 16.3. The van der Waals surface area contributed by atoms with Crippen molar-refractivity contribution in [3.8, 4) is 0 Å². The molecule has 2 aromatic rings. The second-order valence-electron chi connectivity index (χ2n) is 5.21. The van der Waals surface area contributed by atoms with Crippen molar-refractivity contribution in [3.05, 3.63) is 54.6 Å². The number of amides is 1. The predicted octanol–water partition coefficient (Wildman–Crippen LogP) is 2.09. The lowest BCUT2D eigenvalue weighted by Crippen LogP contribution is -2.39. The number of aromatic nitrogens is 2. The summed E-state index contributed by atoms with van der Waals surface area (Å²) in [7, 11) is 0. The summed E-state index contributed by atoms with van der Waals surface area (Å²) >= 11 is 0. The van der Waals surface area contributed by atoms with E-state index in [9.17, 15) is 4.79 Å².